The van der Waals surface area contributed by atoms with Crippen LogP contribution in [0.2, 0.25) is 0 Å². The molecule has 2 aromatic carbocycles. The number of rotatable bonds is 4. The molecule has 1 amide bonds. The first-order valence-corrected chi connectivity index (χ1v) is 10.1. The molecule has 0 aromatic heterocycles. The van der Waals surface area contributed by atoms with Crippen LogP contribution in [0.25, 0.3) is 0 Å². The normalized spacial score (nSPS) is 20.9. The van der Waals surface area contributed by atoms with Gasteiger partial charge in [-0.25, -0.2) is 0 Å². The molecule has 4 nitrogen and oxygen atoms in total. The van der Waals surface area contributed by atoms with E-state index in [0.29, 0.717) is 17.8 Å². The van der Waals surface area contributed by atoms with Crippen molar-refractivity contribution in [1.82, 2.24) is 4.90 Å². The molecular formula is C24H32N2O2. The van der Waals surface area contributed by atoms with E-state index in [2.05, 4.69) is 52.0 Å². The third-order valence-electron chi connectivity index (χ3n) is 7.06. The van der Waals surface area contributed by atoms with E-state index in [-0.39, 0.29) is 27.8 Å². The number of fused-ring (bicyclic) bond motifs is 1. The van der Waals surface area contributed by atoms with Crippen molar-refractivity contribution in [3.05, 3.63) is 70.4 Å². The topological polar surface area (TPSA) is 47.8 Å². The number of carbonyl (C=O) groups excluding carboxylic acids is 1. The van der Waals surface area contributed by atoms with Gasteiger partial charge in [-0.05, 0) is 47.4 Å². The van der Waals surface area contributed by atoms with E-state index in [1.54, 1.807) is 31.3 Å². The number of hydrogen-bond acceptors (Lipinski definition) is 2. The number of quaternary nitrogens is 1. The van der Waals surface area contributed by atoms with E-state index in [9.17, 15) is 10.0 Å². The number of nitrogens with zero attached hydrogens (tertiary/aromatic N) is 1. The molecule has 1 aliphatic carbocycles. The Balaban J connectivity index is 1.98. The zero-order chi connectivity index (χ0) is 20.7. The van der Waals surface area contributed by atoms with E-state index >= 15 is 0 Å². The molecule has 0 bridgehead atoms. The van der Waals surface area contributed by atoms with Crippen molar-refractivity contribution >= 4 is 11.6 Å². The second kappa shape index (κ2) is 7.34. The molecule has 0 aliphatic heterocycles. The van der Waals surface area contributed by atoms with Crippen molar-refractivity contribution in [3.63, 3.8) is 0 Å². The van der Waals surface area contributed by atoms with Crippen molar-refractivity contribution in [2.75, 3.05) is 13.6 Å². The van der Waals surface area contributed by atoms with E-state index in [1.165, 1.54) is 11.1 Å². The Morgan fingerprint density at radius 2 is 1.71 bits per heavy atom. The molecule has 2 aromatic rings. The first-order chi connectivity index (χ1) is 13.1. The Hall–Kier alpha value is -2.17. The fourth-order valence-electron chi connectivity index (χ4n) is 4.55. The summed E-state index contributed by atoms with van der Waals surface area (Å²) < 4.78 is 0. The molecule has 2 atom stereocenters. The van der Waals surface area contributed by atoms with Crippen LogP contribution in [0.5, 0.6) is 0 Å². The first-order valence-electron chi connectivity index (χ1n) is 10.1. The molecule has 150 valence electrons. The molecule has 1 aliphatic rings. The lowest BCUT2D eigenvalue weighted by Gasteiger charge is -2.55. The number of amides is 1. The molecule has 1 unspecified atom stereocenters. The summed E-state index contributed by atoms with van der Waals surface area (Å²) in [6.07, 6.45) is 0.859. The van der Waals surface area contributed by atoms with Gasteiger partial charge < -0.3 is 15.2 Å². The van der Waals surface area contributed by atoms with Crippen molar-refractivity contribution in [2.24, 2.45) is 5.41 Å². The Bertz CT molecular complexity index is 853. The predicted octanol–water partition coefficient (Wildman–Crippen LogP) is 3.72. The second-order valence-electron chi connectivity index (χ2n) is 8.95. The van der Waals surface area contributed by atoms with Gasteiger partial charge in [0.2, 0.25) is 0 Å². The van der Waals surface area contributed by atoms with Gasteiger partial charge in [0.05, 0.1) is 7.05 Å². The molecule has 4 heteroatoms. The van der Waals surface area contributed by atoms with Crippen molar-refractivity contribution in [3.8, 4) is 0 Å². The van der Waals surface area contributed by atoms with Gasteiger partial charge >= 0.3 is 0 Å². The maximum Gasteiger partial charge on any atom is 0.254 e. The Labute approximate surface area is 168 Å². The minimum atomic E-state index is -0.0909. The van der Waals surface area contributed by atoms with Crippen LogP contribution < -0.4 is 5.06 Å². The van der Waals surface area contributed by atoms with Crippen LogP contribution in [0, 0.1) is 10.6 Å². The van der Waals surface area contributed by atoms with E-state index in [4.69, 9.17) is 0 Å². The van der Waals surface area contributed by atoms with Crippen LogP contribution >= 0.6 is 0 Å². The van der Waals surface area contributed by atoms with Gasteiger partial charge in [0, 0.05) is 30.3 Å². The smallest absolute Gasteiger partial charge is 0.254 e. The summed E-state index contributed by atoms with van der Waals surface area (Å²) >= 11 is 0. The molecule has 0 fully saturated rings. The van der Waals surface area contributed by atoms with Gasteiger partial charge in [-0.2, -0.15) is 0 Å². The van der Waals surface area contributed by atoms with Crippen LogP contribution in [0.3, 0.4) is 0 Å². The Morgan fingerprint density at radius 1 is 1.11 bits per heavy atom. The Morgan fingerprint density at radius 3 is 2.29 bits per heavy atom. The number of likely N-dealkylation sites (N-methyl/N-ethyl adjacent to an activating group) is 1. The zero-order valence-electron chi connectivity index (χ0n) is 17.9. The van der Waals surface area contributed by atoms with Crippen LogP contribution in [0.4, 0.5) is 5.69 Å². The summed E-state index contributed by atoms with van der Waals surface area (Å²) in [5, 5.41) is 11.6. The fourth-order valence-corrected chi connectivity index (χ4v) is 4.55. The van der Waals surface area contributed by atoms with Gasteiger partial charge in [-0.1, -0.05) is 52.0 Å². The molecule has 0 saturated carbocycles. The van der Waals surface area contributed by atoms with Crippen LogP contribution in [0.1, 0.15) is 56.1 Å². The molecule has 3 rings (SSSR count). The SMILES string of the molecule is CCN(C(=O)c1ccc([NH+](C)[O-])cc1)[C@@H]1Cc2ccccc2C(C)(C)C1(C)C. The average molecular weight is 381 g/mol. The quantitative estimate of drug-likeness (QED) is 0.822. The van der Waals surface area contributed by atoms with Crippen molar-refractivity contribution < 1.29 is 9.86 Å². The Kier molecular flexibility index (Phi) is 5.39. The molecule has 0 saturated heterocycles. The van der Waals surface area contributed by atoms with Crippen LogP contribution in [0.15, 0.2) is 48.5 Å². The lowest BCUT2D eigenvalue weighted by Crippen LogP contribution is -2.98. The summed E-state index contributed by atoms with van der Waals surface area (Å²) in [6.45, 7) is 11.8. The largest absolute Gasteiger partial charge is 0.629 e. The highest BCUT2D eigenvalue weighted by molar-refractivity contribution is 5.94. The van der Waals surface area contributed by atoms with Gasteiger partial charge in [-0.3, -0.25) is 4.79 Å². The summed E-state index contributed by atoms with van der Waals surface area (Å²) in [5.74, 6) is 0.0332. The first kappa shape index (κ1) is 20.6. The molecule has 0 radical (unpaired) electrons. The molecule has 0 heterocycles. The second-order valence-corrected chi connectivity index (χ2v) is 8.95. The van der Waals surface area contributed by atoms with Crippen molar-refractivity contribution in [1.29, 1.82) is 0 Å². The number of carbonyl (C=O) groups is 1. The maximum absolute atomic E-state index is 13.4. The highest BCUT2D eigenvalue weighted by atomic mass is 16.5. The number of hydroxylamine groups is 1. The third kappa shape index (κ3) is 3.25. The predicted molar refractivity (Wildman–Crippen MR) is 114 cm³/mol. The van der Waals surface area contributed by atoms with Gasteiger partial charge in [0.25, 0.3) is 5.91 Å². The van der Waals surface area contributed by atoms with Gasteiger partial charge in [-0.15, -0.1) is 0 Å². The monoisotopic (exact) mass is 380 g/mol. The zero-order valence-corrected chi connectivity index (χ0v) is 17.9. The van der Waals surface area contributed by atoms with E-state index in [0.717, 1.165) is 6.42 Å². The van der Waals surface area contributed by atoms with E-state index in [1.807, 2.05) is 11.8 Å². The number of nitrogens with one attached hydrogen (secondary N) is 1. The minimum absolute atomic E-state index is 0.0121. The highest BCUT2D eigenvalue weighted by Gasteiger charge is 2.51. The molecule has 28 heavy (non-hydrogen) atoms. The van der Waals surface area contributed by atoms with Gasteiger partial charge in [0.15, 0.2) is 0 Å². The van der Waals surface area contributed by atoms with Gasteiger partial charge in [0.1, 0.15) is 5.69 Å². The standard InChI is InChI=1S/C24H32N2O2/c1-7-26(22(27)17-12-14-19(15-13-17)25(6)28)21-16-18-10-8-9-11-20(18)23(2,3)24(21,4)5/h8-15,21,25H,7,16H2,1-6H3/t21-/m1/s1. The summed E-state index contributed by atoms with van der Waals surface area (Å²) in [5.41, 5.74) is 3.83. The lowest BCUT2D eigenvalue weighted by molar-refractivity contribution is -0.751. The summed E-state index contributed by atoms with van der Waals surface area (Å²) in [6, 6.07) is 15.8. The van der Waals surface area contributed by atoms with E-state index < -0.39 is 0 Å². The summed E-state index contributed by atoms with van der Waals surface area (Å²) in [7, 11) is 1.54. The number of benzene rings is 2. The molecular weight excluding hydrogens is 348 g/mol. The molecule has 0 spiro atoms. The molecule has 1 N–H and O–H groups in total. The average Bonchev–Trinajstić information content (AvgIpc) is 2.66. The van der Waals surface area contributed by atoms with Crippen LogP contribution in [-0.2, 0) is 11.8 Å². The fraction of sp³-hybridized carbons (Fsp3) is 0.458. The van der Waals surface area contributed by atoms with Crippen LogP contribution in [-0.4, -0.2) is 30.4 Å². The summed E-state index contributed by atoms with van der Waals surface area (Å²) in [4.78, 5) is 15.4. The van der Waals surface area contributed by atoms with Crippen molar-refractivity contribution in [2.45, 2.75) is 52.5 Å². The number of hydrogen-bond donors (Lipinski definition) is 1. The third-order valence-corrected chi connectivity index (χ3v) is 7.06. The maximum atomic E-state index is 13.4. The lowest BCUT2D eigenvalue weighted by atomic mass is 9.55. The minimum Gasteiger partial charge on any atom is -0.629 e. The highest BCUT2D eigenvalue weighted by Crippen LogP contribution is 2.51.